The number of ether oxygens (including phenoxy) is 1. The summed E-state index contributed by atoms with van der Waals surface area (Å²) in [5.41, 5.74) is 0.218. The molecule has 2 unspecified atom stereocenters. The lowest BCUT2D eigenvalue weighted by molar-refractivity contribution is -0.0628. The second-order valence-corrected chi connectivity index (χ2v) is 6.45. The molecule has 2 nitrogen and oxygen atoms in total. The summed E-state index contributed by atoms with van der Waals surface area (Å²) in [6, 6.07) is 0. The van der Waals surface area contributed by atoms with Crippen molar-refractivity contribution in [1.82, 2.24) is 5.32 Å². The van der Waals surface area contributed by atoms with Gasteiger partial charge in [-0.3, -0.25) is 0 Å². The van der Waals surface area contributed by atoms with E-state index in [1.165, 1.54) is 25.7 Å². The Morgan fingerprint density at radius 2 is 1.88 bits per heavy atom. The van der Waals surface area contributed by atoms with Crippen LogP contribution in [0.4, 0.5) is 0 Å². The van der Waals surface area contributed by atoms with Crippen LogP contribution in [0.5, 0.6) is 0 Å². The lowest BCUT2D eigenvalue weighted by Gasteiger charge is -2.38. The molecule has 102 valence electrons. The molecule has 0 bridgehead atoms. The van der Waals surface area contributed by atoms with Gasteiger partial charge in [0.2, 0.25) is 0 Å². The highest BCUT2D eigenvalue weighted by molar-refractivity contribution is 4.83. The first-order valence-corrected chi connectivity index (χ1v) is 7.34. The molecule has 0 amide bonds. The van der Waals surface area contributed by atoms with Gasteiger partial charge in [0, 0.05) is 18.7 Å². The monoisotopic (exact) mass is 241 g/mol. The molecule has 1 fully saturated rings. The number of rotatable bonds is 5. The third kappa shape index (κ3) is 4.97. The predicted octanol–water partition coefficient (Wildman–Crippen LogP) is 3.61. The average Bonchev–Trinajstić information content (AvgIpc) is 2.28. The number of nitrogens with one attached hydrogen (secondary N) is 1. The van der Waals surface area contributed by atoms with Gasteiger partial charge in [-0.15, -0.1) is 0 Å². The van der Waals surface area contributed by atoms with Gasteiger partial charge in [0.05, 0.1) is 6.10 Å². The lowest BCUT2D eigenvalue weighted by Crippen LogP contribution is -2.46. The molecule has 0 aliphatic carbocycles. The minimum atomic E-state index is 0.218. The SMILES string of the molecule is CCC(CC)C1OCCCC1CNC(C)(C)C. The van der Waals surface area contributed by atoms with Crippen molar-refractivity contribution >= 4 is 0 Å². The molecule has 0 aromatic heterocycles. The molecule has 1 N–H and O–H groups in total. The Bertz CT molecular complexity index is 205. The molecule has 1 aliphatic heterocycles. The summed E-state index contributed by atoms with van der Waals surface area (Å²) in [5.74, 6) is 1.44. The normalized spacial score (nSPS) is 26.5. The van der Waals surface area contributed by atoms with Crippen molar-refractivity contribution in [3.63, 3.8) is 0 Å². The Morgan fingerprint density at radius 1 is 1.24 bits per heavy atom. The van der Waals surface area contributed by atoms with Crippen LogP contribution in [0.3, 0.4) is 0 Å². The van der Waals surface area contributed by atoms with Crippen molar-refractivity contribution in [2.75, 3.05) is 13.2 Å². The molecule has 0 spiro atoms. The van der Waals surface area contributed by atoms with Gasteiger partial charge in [0.1, 0.15) is 0 Å². The van der Waals surface area contributed by atoms with Crippen LogP contribution in [0.15, 0.2) is 0 Å². The van der Waals surface area contributed by atoms with Gasteiger partial charge in [0.15, 0.2) is 0 Å². The van der Waals surface area contributed by atoms with E-state index in [0.29, 0.717) is 12.0 Å². The average molecular weight is 241 g/mol. The van der Waals surface area contributed by atoms with E-state index in [1.54, 1.807) is 0 Å². The predicted molar refractivity (Wildman–Crippen MR) is 74.3 cm³/mol. The molecule has 1 saturated heterocycles. The van der Waals surface area contributed by atoms with E-state index in [2.05, 4.69) is 39.9 Å². The van der Waals surface area contributed by atoms with Crippen molar-refractivity contribution in [2.45, 2.75) is 71.9 Å². The zero-order valence-electron chi connectivity index (χ0n) is 12.4. The first-order chi connectivity index (χ1) is 7.98. The van der Waals surface area contributed by atoms with Crippen LogP contribution in [-0.2, 0) is 4.74 Å². The fourth-order valence-corrected chi connectivity index (χ4v) is 2.80. The van der Waals surface area contributed by atoms with Crippen LogP contribution in [0.2, 0.25) is 0 Å². The van der Waals surface area contributed by atoms with Gasteiger partial charge in [-0.05, 0) is 45.4 Å². The van der Waals surface area contributed by atoms with E-state index in [0.717, 1.165) is 19.1 Å². The third-order valence-electron chi connectivity index (χ3n) is 3.90. The zero-order chi connectivity index (χ0) is 12.9. The van der Waals surface area contributed by atoms with Crippen LogP contribution in [0, 0.1) is 11.8 Å². The zero-order valence-corrected chi connectivity index (χ0v) is 12.4. The molecule has 1 heterocycles. The van der Waals surface area contributed by atoms with E-state index in [1.807, 2.05) is 0 Å². The summed E-state index contributed by atoms with van der Waals surface area (Å²) in [4.78, 5) is 0. The van der Waals surface area contributed by atoms with E-state index < -0.39 is 0 Å². The molecule has 2 heteroatoms. The van der Waals surface area contributed by atoms with Crippen LogP contribution in [0.1, 0.15) is 60.3 Å². The summed E-state index contributed by atoms with van der Waals surface area (Å²) >= 11 is 0. The van der Waals surface area contributed by atoms with Crippen LogP contribution >= 0.6 is 0 Å². The van der Waals surface area contributed by atoms with Gasteiger partial charge in [-0.1, -0.05) is 26.7 Å². The molecule has 0 radical (unpaired) electrons. The van der Waals surface area contributed by atoms with Crippen LogP contribution in [-0.4, -0.2) is 24.8 Å². The van der Waals surface area contributed by atoms with E-state index in [-0.39, 0.29) is 5.54 Å². The quantitative estimate of drug-likeness (QED) is 0.794. The van der Waals surface area contributed by atoms with Gasteiger partial charge < -0.3 is 10.1 Å². The first-order valence-electron chi connectivity index (χ1n) is 7.34. The van der Waals surface area contributed by atoms with Crippen LogP contribution in [0.25, 0.3) is 0 Å². The maximum atomic E-state index is 6.06. The highest BCUT2D eigenvalue weighted by atomic mass is 16.5. The summed E-state index contributed by atoms with van der Waals surface area (Å²) in [5, 5.41) is 3.64. The maximum absolute atomic E-state index is 6.06. The van der Waals surface area contributed by atoms with E-state index in [9.17, 15) is 0 Å². The largest absolute Gasteiger partial charge is 0.378 e. The standard InChI is InChI=1S/C15H31NO/c1-6-12(7-2)14-13(9-8-10-17-14)11-16-15(3,4)5/h12-14,16H,6-11H2,1-5H3. The van der Waals surface area contributed by atoms with Gasteiger partial charge in [-0.2, -0.15) is 0 Å². The molecular formula is C15H31NO. The van der Waals surface area contributed by atoms with Gasteiger partial charge in [-0.25, -0.2) is 0 Å². The fraction of sp³-hybridized carbons (Fsp3) is 1.00. The Balaban J connectivity index is 2.53. The summed E-state index contributed by atoms with van der Waals surface area (Å²) in [6.07, 6.45) is 5.52. The van der Waals surface area contributed by atoms with Gasteiger partial charge in [0.25, 0.3) is 0 Å². The topological polar surface area (TPSA) is 21.3 Å². The van der Waals surface area contributed by atoms with Crippen molar-refractivity contribution in [2.24, 2.45) is 11.8 Å². The molecule has 2 atom stereocenters. The number of hydrogen-bond acceptors (Lipinski definition) is 2. The summed E-state index contributed by atoms with van der Waals surface area (Å²) in [6.45, 7) is 13.4. The van der Waals surface area contributed by atoms with Crippen molar-refractivity contribution in [3.8, 4) is 0 Å². The van der Waals surface area contributed by atoms with Crippen molar-refractivity contribution in [1.29, 1.82) is 0 Å². The Kier molecular flexibility index (Phi) is 5.94. The lowest BCUT2D eigenvalue weighted by atomic mass is 9.82. The fourth-order valence-electron chi connectivity index (χ4n) is 2.80. The third-order valence-corrected chi connectivity index (χ3v) is 3.90. The van der Waals surface area contributed by atoms with Crippen molar-refractivity contribution < 1.29 is 4.74 Å². The van der Waals surface area contributed by atoms with E-state index in [4.69, 9.17) is 4.74 Å². The Hall–Kier alpha value is -0.0800. The number of hydrogen-bond donors (Lipinski definition) is 1. The molecule has 1 aliphatic rings. The second kappa shape index (κ2) is 6.75. The molecule has 17 heavy (non-hydrogen) atoms. The molecule has 0 aromatic carbocycles. The molecule has 1 rings (SSSR count). The summed E-state index contributed by atoms with van der Waals surface area (Å²) in [7, 11) is 0. The Morgan fingerprint density at radius 3 is 2.41 bits per heavy atom. The molecule has 0 saturated carbocycles. The van der Waals surface area contributed by atoms with Crippen LogP contribution < -0.4 is 5.32 Å². The van der Waals surface area contributed by atoms with Gasteiger partial charge >= 0.3 is 0 Å². The summed E-state index contributed by atoms with van der Waals surface area (Å²) < 4.78 is 6.06. The smallest absolute Gasteiger partial charge is 0.0643 e. The maximum Gasteiger partial charge on any atom is 0.0643 e. The second-order valence-electron chi connectivity index (χ2n) is 6.45. The van der Waals surface area contributed by atoms with E-state index >= 15 is 0 Å². The van der Waals surface area contributed by atoms with Crippen molar-refractivity contribution in [3.05, 3.63) is 0 Å². The highest BCUT2D eigenvalue weighted by Crippen LogP contribution is 2.29. The minimum absolute atomic E-state index is 0.218. The molecular weight excluding hydrogens is 210 g/mol. The first kappa shape index (κ1) is 15.0. The minimum Gasteiger partial charge on any atom is -0.378 e. The Labute approximate surface area is 108 Å². The molecule has 0 aromatic rings. The highest BCUT2D eigenvalue weighted by Gasteiger charge is 2.31.